The SMILES string of the molecule is COC(=O)[C@H](Cc1cccc2c(-c3c(OC)cc(CN(C)C)cc3OC)cccc12)NC(=O)OC(C)(C)C. The number of ether oxygens (including phenoxy) is 4. The van der Waals surface area contributed by atoms with Gasteiger partial charge in [0.25, 0.3) is 0 Å². The van der Waals surface area contributed by atoms with E-state index in [0.29, 0.717) is 11.5 Å². The van der Waals surface area contributed by atoms with E-state index in [0.717, 1.165) is 39.6 Å². The van der Waals surface area contributed by atoms with Crippen molar-refractivity contribution in [1.29, 1.82) is 0 Å². The molecule has 3 rings (SSSR count). The fourth-order valence-electron chi connectivity index (χ4n) is 4.46. The van der Waals surface area contributed by atoms with E-state index < -0.39 is 23.7 Å². The van der Waals surface area contributed by atoms with Crippen LogP contribution in [0.5, 0.6) is 11.5 Å². The lowest BCUT2D eigenvalue weighted by molar-refractivity contribution is -0.143. The maximum absolute atomic E-state index is 12.6. The number of amides is 1. The lowest BCUT2D eigenvalue weighted by Gasteiger charge is -2.23. The van der Waals surface area contributed by atoms with Gasteiger partial charge in [0.1, 0.15) is 23.1 Å². The summed E-state index contributed by atoms with van der Waals surface area (Å²) in [4.78, 5) is 27.1. The number of carbonyl (C=O) groups is 2. The van der Waals surface area contributed by atoms with Crippen LogP contribution in [0.15, 0.2) is 48.5 Å². The summed E-state index contributed by atoms with van der Waals surface area (Å²) >= 11 is 0. The number of hydrogen-bond donors (Lipinski definition) is 1. The molecule has 1 N–H and O–H groups in total. The second kappa shape index (κ2) is 12.2. The highest BCUT2D eigenvalue weighted by atomic mass is 16.6. The molecule has 8 nitrogen and oxygen atoms in total. The molecule has 3 aromatic rings. The van der Waals surface area contributed by atoms with E-state index >= 15 is 0 Å². The number of esters is 1. The number of alkyl carbamates (subject to hydrolysis) is 1. The predicted octanol–water partition coefficient (Wildman–Crippen LogP) is 5.19. The molecular weight excluding hydrogens is 484 g/mol. The van der Waals surface area contributed by atoms with Crippen molar-refractivity contribution in [1.82, 2.24) is 10.2 Å². The van der Waals surface area contributed by atoms with E-state index in [1.54, 1.807) is 35.0 Å². The third-order valence-corrected chi connectivity index (χ3v) is 5.95. The molecule has 0 saturated heterocycles. The van der Waals surface area contributed by atoms with Gasteiger partial charge in [0, 0.05) is 13.0 Å². The number of hydrogen-bond acceptors (Lipinski definition) is 7. The Balaban J connectivity index is 2.08. The molecule has 38 heavy (non-hydrogen) atoms. The first-order valence-corrected chi connectivity index (χ1v) is 12.4. The van der Waals surface area contributed by atoms with E-state index in [-0.39, 0.29) is 6.42 Å². The summed E-state index contributed by atoms with van der Waals surface area (Å²) in [5, 5.41) is 4.56. The van der Waals surface area contributed by atoms with Crippen LogP contribution in [0.4, 0.5) is 4.79 Å². The van der Waals surface area contributed by atoms with Gasteiger partial charge in [-0.3, -0.25) is 0 Å². The maximum atomic E-state index is 12.6. The Morgan fingerprint density at radius 3 is 2.08 bits per heavy atom. The molecule has 0 radical (unpaired) electrons. The van der Waals surface area contributed by atoms with Gasteiger partial charge in [0.15, 0.2) is 0 Å². The molecule has 0 aliphatic carbocycles. The van der Waals surface area contributed by atoms with Crippen molar-refractivity contribution in [2.75, 3.05) is 35.4 Å². The molecule has 1 atom stereocenters. The van der Waals surface area contributed by atoms with Crippen molar-refractivity contribution < 1.29 is 28.5 Å². The molecule has 0 unspecified atom stereocenters. The van der Waals surface area contributed by atoms with Gasteiger partial charge in [0.2, 0.25) is 0 Å². The molecule has 0 aliphatic heterocycles. The minimum Gasteiger partial charge on any atom is -0.496 e. The largest absolute Gasteiger partial charge is 0.496 e. The molecule has 0 spiro atoms. The number of fused-ring (bicyclic) bond motifs is 1. The van der Waals surface area contributed by atoms with Crippen LogP contribution in [-0.2, 0) is 27.2 Å². The van der Waals surface area contributed by atoms with Gasteiger partial charge in [-0.2, -0.15) is 0 Å². The molecule has 3 aromatic carbocycles. The topological polar surface area (TPSA) is 86.3 Å². The van der Waals surface area contributed by atoms with Crippen molar-refractivity contribution in [2.24, 2.45) is 0 Å². The molecule has 0 saturated carbocycles. The van der Waals surface area contributed by atoms with Gasteiger partial charge >= 0.3 is 12.1 Å². The molecule has 8 heteroatoms. The maximum Gasteiger partial charge on any atom is 0.408 e. The van der Waals surface area contributed by atoms with Gasteiger partial charge in [-0.05, 0) is 74.5 Å². The zero-order valence-corrected chi connectivity index (χ0v) is 23.5. The Kier molecular flexibility index (Phi) is 9.22. The highest BCUT2D eigenvalue weighted by Gasteiger charge is 2.26. The first-order chi connectivity index (χ1) is 18.0. The fourth-order valence-corrected chi connectivity index (χ4v) is 4.46. The Morgan fingerprint density at radius 2 is 1.53 bits per heavy atom. The summed E-state index contributed by atoms with van der Waals surface area (Å²) in [6.45, 7) is 6.04. The second-order valence-corrected chi connectivity index (χ2v) is 10.4. The lowest BCUT2D eigenvalue weighted by atomic mass is 9.92. The normalized spacial score (nSPS) is 12.2. The van der Waals surface area contributed by atoms with Gasteiger partial charge in [-0.15, -0.1) is 0 Å². The Morgan fingerprint density at radius 1 is 0.921 bits per heavy atom. The van der Waals surface area contributed by atoms with Crippen LogP contribution < -0.4 is 14.8 Å². The van der Waals surface area contributed by atoms with Gasteiger partial charge in [0.05, 0.1) is 26.9 Å². The number of benzene rings is 3. The van der Waals surface area contributed by atoms with Crippen molar-refractivity contribution in [3.8, 4) is 22.6 Å². The van der Waals surface area contributed by atoms with Crippen LogP contribution in [0, 0.1) is 0 Å². The average Bonchev–Trinajstić information content (AvgIpc) is 2.85. The monoisotopic (exact) mass is 522 g/mol. The molecular formula is C30H38N2O6. The van der Waals surface area contributed by atoms with Crippen LogP contribution in [0.25, 0.3) is 21.9 Å². The molecule has 0 aromatic heterocycles. The lowest BCUT2D eigenvalue weighted by Crippen LogP contribution is -2.45. The minimum absolute atomic E-state index is 0.225. The van der Waals surface area contributed by atoms with Crippen LogP contribution in [0.3, 0.4) is 0 Å². The summed E-state index contributed by atoms with van der Waals surface area (Å²) in [6.07, 6.45) is -0.455. The fraction of sp³-hybridized carbons (Fsp3) is 0.400. The van der Waals surface area contributed by atoms with Crippen LogP contribution in [0.2, 0.25) is 0 Å². The number of rotatable bonds is 9. The van der Waals surface area contributed by atoms with Gasteiger partial charge in [-0.1, -0.05) is 36.4 Å². The van der Waals surface area contributed by atoms with E-state index in [2.05, 4.69) is 10.2 Å². The van der Waals surface area contributed by atoms with Crippen molar-refractivity contribution in [3.05, 3.63) is 59.7 Å². The molecule has 0 heterocycles. The molecule has 1 amide bonds. The predicted molar refractivity (Wildman–Crippen MR) is 149 cm³/mol. The quantitative estimate of drug-likeness (QED) is 0.387. The molecule has 0 fully saturated rings. The van der Waals surface area contributed by atoms with Crippen LogP contribution >= 0.6 is 0 Å². The molecule has 0 aliphatic rings. The Bertz CT molecular complexity index is 1270. The molecule has 0 bridgehead atoms. The highest BCUT2D eigenvalue weighted by Crippen LogP contribution is 2.43. The number of nitrogens with zero attached hydrogens (tertiary/aromatic N) is 1. The highest BCUT2D eigenvalue weighted by molar-refractivity contribution is 6.01. The standard InChI is InChI=1S/C30H38N2O6/c1-30(2,3)38-29(34)31-24(28(33)37-8)17-20-11-9-13-22-21(20)12-10-14-23(22)27-25(35-6)15-19(18-32(4)5)16-26(27)36-7/h9-16,24H,17-18H2,1-8H3,(H,31,34)/t24-/m0/s1. The first kappa shape index (κ1) is 28.8. The number of nitrogens with one attached hydrogen (secondary N) is 1. The average molecular weight is 523 g/mol. The van der Waals surface area contributed by atoms with E-state index in [1.807, 2.05) is 62.6 Å². The van der Waals surface area contributed by atoms with E-state index in [4.69, 9.17) is 18.9 Å². The smallest absolute Gasteiger partial charge is 0.408 e. The first-order valence-electron chi connectivity index (χ1n) is 12.4. The second-order valence-electron chi connectivity index (χ2n) is 10.4. The number of carbonyl (C=O) groups excluding carboxylic acids is 2. The third kappa shape index (κ3) is 6.95. The zero-order valence-electron chi connectivity index (χ0n) is 23.5. The Hall–Kier alpha value is -3.78. The van der Waals surface area contributed by atoms with E-state index in [1.165, 1.54) is 7.11 Å². The summed E-state index contributed by atoms with van der Waals surface area (Å²) in [5.41, 5.74) is 3.03. The van der Waals surface area contributed by atoms with Gasteiger partial charge in [-0.25, -0.2) is 9.59 Å². The third-order valence-electron chi connectivity index (χ3n) is 5.95. The zero-order chi connectivity index (χ0) is 28.0. The number of methoxy groups -OCH3 is 3. The van der Waals surface area contributed by atoms with Crippen molar-refractivity contribution in [3.63, 3.8) is 0 Å². The van der Waals surface area contributed by atoms with Crippen LogP contribution in [-0.4, -0.2) is 64.0 Å². The molecule has 204 valence electrons. The van der Waals surface area contributed by atoms with Crippen molar-refractivity contribution in [2.45, 2.75) is 45.4 Å². The van der Waals surface area contributed by atoms with Crippen LogP contribution in [0.1, 0.15) is 31.9 Å². The minimum atomic E-state index is -0.918. The summed E-state index contributed by atoms with van der Waals surface area (Å²) in [7, 11) is 8.62. The van der Waals surface area contributed by atoms with Crippen molar-refractivity contribution >= 4 is 22.8 Å². The van der Waals surface area contributed by atoms with E-state index in [9.17, 15) is 9.59 Å². The summed E-state index contributed by atoms with van der Waals surface area (Å²) < 4.78 is 22.0. The summed E-state index contributed by atoms with van der Waals surface area (Å²) in [6, 6.07) is 15.0. The Labute approximate surface area is 224 Å². The van der Waals surface area contributed by atoms with Gasteiger partial charge < -0.3 is 29.2 Å². The summed E-state index contributed by atoms with van der Waals surface area (Å²) in [5.74, 6) is 0.861.